The highest BCUT2D eigenvalue weighted by molar-refractivity contribution is 5.98. The third-order valence-corrected chi connectivity index (χ3v) is 8.82. The van der Waals surface area contributed by atoms with Crippen molar-refractivity contribution in [2.75, 3.05) is 41.3 Å². The predicted octanol–water partition coefficient (Wildman–Crippen LogP) is 6.46. The van der Waals surface area contributed by atoms with Gasteiger partial charge in [-0.3, -0.25) is 10.2 Å². The fourth-order valence-electron chi connectivity index (χ4n) is 5.97. The number of carbonyl (C=O) groups is 1. The number of likely N-dealkylation sites (N-methyl/N-ethyl adjacent to an activating group) is 1. The summed E-state index contributed by atoms with van der Waals surface area (Å²) in [4.78, 5) is 16.6. The Bertz CT molecular complexity index is 1410. The van der Waals surface area contributed by atoms with Crippen LogP contribution < -0.4 is 16.0 Å². The van der Waals surface area contributed by atoms with Gasteiger partial charge in [-0.15, -0.1) is 0 Å². The summed E-state index contributed by atoms with van der Waals surface area (Å²) >= 11 is 0. The minimum Gasteiger partial charge on any atom is -0.378 e. The lowest BCUT2D eigenvalue weighted by atomic mass is 9.68. The standard InChI is InChI=1S/C39H59N7O/c1-12-14-35-31(16-15-30(7)45(8)9)17-18-32-24-33(37(47)46(10)11)19-20-36(32)39(35,38(41)43-27(3)4)21-22-42-26-29(6)44-34(25-40)23-28(5)13-2/h12,14-16,19-20,24,27-28,34,42,44H,6-7,13,17-18,21-23,26H2,1-5,8-11H3,(H2,41,43)/b14-12-,16-15+/t28-,34?,39?/m0/s1. The number of nitrogens with zero attached hydrogens (tertiary/aromatic N) is 3. The largest absolute Gasteiger partial charge is 0.378 e. The number of nitrogens with one attached hydrogen (secondary N) is 4. The van der Waals surface area contributed by atoms with Crippen LogP contribution in [-0.2, 0) is 11.8 Å². The number of rotatable bonds is 17. The SMILES string of the molecule is C=C(CNCCC1(C(=N)NC(C)C)C(/C=C\C)=C(/C=C/C(=C)N(C)C)CCc2cc(C(=O)N(C)C)ccc21)NC(C#N)C[C@@H](C)CC. The Morgan fingerprint density at radius 2 is 1.81 bits per heavy atom. The third-order valence-electron chi connectivity index (χ3n) is 8.82. The molecule has 0 radical (unpaired) electrons. The summed E-state index contributed by atoms with van der Waals surface area (Å²) < 4.78 is 0. The van der Waals surface area contributed by atoms with Crippen molar-refractivity contribution in [1.82, 2.24) is 25.8 Å². The average molecular weight is 642 g/mol. The smallest absolute Gasteiger partial charge is 0.253 e. The molecule has 2 rings (SSSR count). The molecule has 8 heteroatoms. The Morgan fingerprint density at radius 3 is 2.38 bits per heavy atom. The Labute approximate surface area is 284 Å². The average Bonchev–Trinajstić information content (AvgIpc) is 3.15. The summed E-state index contributed by atoms with van der Waals surface area (Å²) in [7, 11) is 7.49. The molecule has 0 saturated heterocycles. The molecular formula is C39H59N7O. The van der Waals surface area contributed by atoms with Crippen LogP contribution in [0.15, 0.2) is 78.2 Å². The van der Waals surface area contributed by atoms with Gasteiger partial charge in [-0.25, -0.2) is 0 Å². The van der Waals surface area contributed by atoms with Crippen molar-refractivity contribution >= 4 is 11.7 Å². The second-order valence-electron chi connectivity index (χ2n) is 13.4. The lowest BCUT2D eigenvalue weighted by Crippen LogP contribution is -2.49. The van der Waals surface area contributed by atoms with Crippen LogP contribution in [0.3, 0.4) is 0 Å². The predicted molar refractivity (Wildman–Crippen MR) is 197 cm³/mol. The van der Waals surface area contributed by atoms with Crippen molar-refractivity contribution in [2.24, 2.45) is 5.92 Å². The number of carbonyl (C=O) groups excluding carboxylic acids is 1. The second-order valence-corrected chi connectivity index (χ2v) is 13.4. The van der Waals surface area contributed by atoms with E-state index in [0.717, 1.165) is 59.4 Å². The summed E-state index contributed by atoms with van der Waals surface area (Å²) in [5.41, 5.74) is 5.76. The number of nitriles is 1. The van der Waals surface area contributed by atoms with Gasteiger partial charge < -0.3 is 25.8 Å². The highest BCUT2D eigenvalue weighted by Gasteiger charge is 2.44. The molecule has 0 fully saturated rings. The Kier molecular flexibility index (Phi) is 15.2. The molecule has 0 spiro atoms. The van der Waals surface area contributed by atoms with Crippen molar-refractivity contribution < 1.29 is 4.79 Å². The Hall–Kier alpha value is -4.09. The van der Waals surface area contributed by atoms with Crippen LogP contribution in [0.25, 0.3) is 0 Å². The minimum absolute atomic E-state index is 0.0428. The van der Waals surface area contributed by atoms with Crippen molar-refractivity contribution in [3.63, 3.8) is 0 Å². The molecule has 256 valence electrons. The number of benzene rings is 1. The maximum absolute atomic E-state index is 13.1. The van der Waals surface area contributed by atoms with E-state index in [-0.39, 0.29) is 18.0 Å². The summed E-state index contributed by atoms with van der Waals surface area (Å²) in [5, 5.41) is 29.7. The second kappa shape index (κ2) is 18.3. The molecule has 3 atom stereocenters. The Morgan fingerprint density at radius 1 is 1.11 bits per heavy atom. The molecule has 1 aromatic rings. The van der Waals surface area contributed by atoms with E-state index in [1.165, 1.54) is 0 Å². The highest BCUT2D eigenvalue weighted by atomic mass is 16.2. The van der Waals surface area contributed by atoms with Gasteiger partial charge in [0.15, 0.2) is 0 Å². The van der Waals surface area contributed by atoms with Crippen LogP contribution in [0.4, 0.5) is 0 Å². The zero-order valence-corrected chi connectivity index (χ0v) is 30.4. The lowest BCUT2D eigenvalue weighted by Gasteiger charge is -2.39. The van der Waals surface area contributed by atoms with Gasteiger partial charge in [0.1, 0.15) is 11.9 Å². The molecule has 1 aromatic carbocycles. The van der Waals surface area contributed by atoms with Crippen LogP contribution in [-0.4, -0.2) is 74.9 Å². The summed E-state index contributed by atoms with van der Waals surface area (Å²) in [5.74, 6) is 0.828. The quantitative estimate of drug-likeness (QED) is 0.0673. The van der Waals surface area contributed by atoms with E-state index >= 15 is 0 Å². The van der Waals surface area contributed by atoms with E-state index in [0.29, 0.717) is 36.8 Å². The van der Waals surface area contributed by atoms with Crippen LogP contribution >= 0.6 is 0 Å². The molecule has 0 heterocycles. The Balaban J connectivity index is 2.68. The van der Waals surface area contributed by atoms with Gasteiger partial charge in [-0.1, -0.05) is 57.7 Å². The van der Waals surface area contributed by atoms with Gasteiger partial charge in [0, 0.05) is 57.7 Å². The van der Waals surface area contributed by atoms with Crippen molar-refractivity contribution in [3.8, 4) is 6.07 Å². The van der Waals surface area contributed by atoms with Crippen molar-refractivity contribution in [2.45, 2.75) is 84.2 Å². The highest BCUT2D eigenvalue weighted by Crippen LogP contribution is 2.45. The van der Waals surface area contributed by atoms with Gasteiger partial charge in [0.05, 0.1) is 11.5 Å². The molecule has 47 heavy (non-hydrogen) atoms. The maximum atomic E-state index is 13.1. The van der Waals surface area contributed by atoms with Crippen molar-refractivity contribution in [3.05, 3.63) is 94.9 Å². The number of amides is 1. The fraction of sp³-hybridized carbons (Fsp3) is 0.513. The third kappa shape index (κ3) is 10.5. The molecule has 4 N–H and O–H groups in total. The number of aryl methyl sites for hydroxylation is 1. The van der Waals surface area contributed by atoms with Gasteiger partial charge in [-0.05, 0) is 99.4 Å². The molecule has 1 amide bonds. The van der Waals surface area contributed by atoms with Gasteiger partial charge >= 0.3 is 0 Å². The topological polar surface area (TPSA) is 107 Å². The van der Waals surface area contributed by atoms with E-state index in [1.807, 2.05) is 44.1 Å². The number of amidine groups is 1. The van der Waals surface area contributed by atoms with Crippen LogP contribution in [0, 0.1) is 22.7 Å². The normalized spacial score (nSPS) is 17.6. The van der Waals surface area contributed by atoms with E-state index in [9.17, 15) is 15.5 Å². The van der Waals surface area contributed by atoms with Crippen LogP contribution in [0.5, 0.6) is 0 Å². The molecule has 0 aliphatic heterocycles. The van der Waals surface area contributed by atoms with Crippen LogP contribution in [0.2, 0.25) is 0 Å². The molecule has 0 aromatic heterocycles. The van der Waals surface area contributed by atoms with E-state index in [2.05, 4.69) is 87.2 Å². The fourth-order valence-corrected chi connectivity index (χ4v) is 5.97. The molecule has 2 unspecified atom stereocenters. The summed E-state index contributed by atoms with van der Waals surface area (Å²) in [6.45, 7) is 19.9. The zero-order chi connectivity index (χ0) is 35.3. The lowest BCUT2D eigenvalue weighted by molar-refractivity contribution is 0.0827. The van der Waals surface area contributed by atoms with Crippen LogP contribution in [0.1, 0.15) is 81.8 Å². The summed E-state index contributed by atoms with van der Waals surface area (Å²) in [6.07, 6.45) is 12.3. The van der Waals surface area contributed by atoms with Gasteiger partial charge in [-0.2, -0.15) is 5.26 Å². The van der Waals surface area contributed by atoms with Gasteiger partial charge in [0.2, 0.25) is 0 Å². The number of hydrogen-bond donors (Lipinski definition) is 4. The van der Waals surface area contributed by atoms with E-state index in [4.69, 9.17) is 0 Å². The van der Waals surface area contributed by atoms with E-state index in [1.54, 1.807) is 19.0 Å². The molecular weight excluding hydrogens is 582 g/mol. The first-order valence-electron chi connectivity index (χ1n) is 16.9. The number of fused-ring (bicyclic) bond motifs is 1. The van der Waals surface area contributed by atoms with Crippen molar-refractivity contribution in [1.29, 1.82) is 10.7 Å². The molecule has 1 aliphatic rings. The minimum atomic E-state index is -0.824. The molecule has 8 nitrogen and oxygen atoms in total. The molecule has 1 aliphatic carbocycles. The maximum Gasteiger partial charge on any atom is 0.253 e. The molecule has 0 saturated carbocycles. The first-order chi connectivity index (χ1) is 22.2. The summed E-state index contributed by atoms with van der Waals surface area (Å²) in [6, 6.07) is 8.12. The monoisotopic (exact) mass is 641 g/mol. The number of allylic oxidation sites excluding steroid dienone is 5. The van der Waals surface area contributed by atoms with E-state index < -0.39 is 5.41 Å². The first-order valence-corrected chi connectivity index (χ1v) is 16.9. The zero-order valence-electron chi connectivity index (χ0n) is 30.4. The first kappa shape index (κ1) is 39.1. The van der Waals surface area contributed by atoms with Gasteiger partial charge in [0.25, 0.3) is 5.91 Å². The number of hydrogen-bond acceptors (Lipinski definition) is 6. The molecule has 0 bridgehead atoms.